The highest BCUT2D eigenvalue weighted by Crippen LogP contribution is 2.39. The Balaban J connectivity index is 0.00000186. The van der Waals surface area contributed by atoms with E-state index < -0.39 is 0 Å². The van der Waals surface area contributed by atoms with Gasteiger partial charge in [0.25, 0.3) is 11.5 Å². The van der Waals surface area contributed by atoms with Crippen molar-refractivity contribution < 1.29 is 14.3 Å². The number of benzene rings is 1. The van der Waals surface area contributed by atoms with Crippen molar-refractivity contribution in [3.05, 3.63) is 59.2 Å². The van der Waals surface area contributed by atoms with Crippen LogP contribution in [0, 0.1) is 0 Å². The van der Waals surface area contributed by atoms with E-state index in [2.05, 4.69) is 30.3 Å². The number of H-pyrrole nitrogens is 1. The van der Waals surface area contributed by atoms with E-state index in [1.54, 1.807) is 37.1 Å². The van der Waals surface area contributed by atoms with Crippen LogP contribution in [0.4, 0.5) is 0 Å². The first kappa shape index (κ1) is 28.1. The van der Waals surface area contributed by atoms with Gasteiger partial charge in [-0.2, -0.15) is 0 Å². The lowest BCUT2D eigenvalue weighted by molar-refractivity contribution is 0.0592. The van der Waals surface area contributed by atoms with Crippen molar-refractivity contribution in [3.63, 3.8) is 0 Å². The molecule has 3 heterocycles. The summed E-state index contributed by atoms with van der Waals surface area (Å²) in [6.07, 6.45) is 6.05. The summed E-state index contributed by atoms with van der Waals surface area (Å²) in [6, 6.07) is 5.92. The second-order valence-electron chi connectivity index (χ2n) is 9.06. The highest BCUT2D eigenvalue weighted by molar-refractivity contribution is 6.01. The molecule has 0 aliphatic carbocycles. The van der Waals surface area contributed by atoms with Crippen LogP contribution in [0.1, 0.15) is 44.5 Å². The number of aromatic amines is 1. The summed E-state index contributed by atoms with van der Waals surface area (Å²) in [6.45, 7) is 15.7. The molecule has 2 aromatic heterocycles. The van der Waals surface area contributed by atoms with E-state index in [4.69, 9.17) is 9.47 Å². The van der Waals surface area contributed by atoms with Gasteiger partial charge in [0, 0.05) is 67.7 Å². The minimum absolute atomic E-state index is 0.0714. The van der Waals surface area contributed by atoms with Crippen LogP contribution in [0.5, 0.6) is 11.5 Å². The summed E-state index contributed by atoms with van der Waals surface area (Å²) in [4.78, 5) is 33.7. The van der Waals surface area contributed by atoms with Gasteiger partial charge in [-0.3, -0.25) is 14.5 Å². The number of carbonyl (C=O) groups is 1. The number of amides is 1. The number of methoxy groups -OCH3 is 2. The number of rotatable bonds is 8. The van der Waals surface area contributed by atoms with Crippen LogP contribution in [0.2, 0.25) is 0 Å². The zero-order chi connectivity index (χ0) is 27.1. The summed E-state index contributed by atoms with van der Waals surface area (Å²) in [5, 5.41) is 0.786. The SMILES string of the molecule is C=CCCn1cc(-c2cc(OC)c(C(=O)N3CCN(C(C)C)CC3)cc2OC)c2cc[nH]c2c1=O.CC. The Bertz CT molecular complexity index is 1280. The molecular formula is C29H40N4O4. The second kappa shape index (κ2) is 12.6. The third-order valence-electron chi connectivity index (χ3n) is 6.74. The molecule has 0 radical (unpaired) electrons. The monoisotopic (exact) mass is 508 g/mol. The minimum Gasteiger partial charge on any atom is -0.496 e. The molecule has 200 valence electrons. The number of aryl methyl sites for hydroxylation is 1. The lowest BCUT2D eigenvalue weighted by Crippen LogP contribution is -2.50. The van der Waals surface area contributed by atoms with E-state index >= 15 is 0 Å². The van der Waals surface area contributed by atoms with Gasteiger partial charge in [-0.25, -0.2) is 0 Å². The van der Waals surface area contributed by atoms with Crippen molar-refractivity contribution >= 4 is 16.8 Å². The molecule has 1 fully saturated rings. The van der Waals surface area contributed by atoms with Crippen LogP contribution in [-0.4, -0.2) is 71.7 Å². The Morgan fingerprint density at radius 1 is 1.08 bits per heavy atom. The van der Waals surface area contributed by atoms with Crippen LogP contribution >= 0.6 is 0 Å². The molecule has 1 aliphatic heterocycles. The summed E-state index contributed by atoms with van der Waals surface area (Å²) in [7, 11) is 3.15. The molecule has 4 rings (SSSR count). The molecule has 0 unspecified atom stereocenters. The van der Waals surface area contributed by atoms with Gasteiger partial charge in [-0.15, -0.1) is 6.58 Å². The second-order valence-corrected chi connectivity index (χ2v) is 9.06. The smallest absolute Gasteiger partial charge is 0.274 e. The van der Waals surface area contributed by atoms with Crippen molar-refractivity contribution in [2.45, 2.75) is 46.7 Å². The number of piperazine rings is 1. The molecule has 0 saturated carbocycles. The maximum absolute atomic E-state index is 13.5. The number of carbonyl (C=O) groups excluding carboxylic acids is 1. The standard InChI is InChI=1S/C27H34N4O4.C2H6/c1-6-7-10-31-17-22(19-8-9-28-25(19)27(31)33)20-15-24(35-5)21(16-23(20)34-4)26(32)30-13-11-29(12-14-30)18(2)3;1-2/h6,8-9,15-18,28H,1,7,10-14H2,2-5H3;1-2H3. The summed E-state index contributed by atoms with van der Waals surface area (Å²) in [5.74, 6) is 0.953. The van der Waals surface area contributed by atoms with Crippen LogP contribution in [0.25, 0.3) is 22.0 Å². The highest BCUT2D eigenvalue weighted by atomic mass is 16.5. The molecule has 8 nitrogen and oxygen atoms in total. The van der Waals surface area contributed by atoms with Crippen LogP contribution in [0.3, 0.4) is 0 Å². The predicted molar refractivity (Wildman–Crippen MR) is 150 cm³/mol. The van der Waals surface area contributed by atoms with Gasteiger partial charge in [0.15, 0.2) is 0 Å². The van der Waals surface area contributed by atoms with Crippen molar-refractivity contribution in [1.29, 1.82) is 0 Å². The molecular weight excluding hydrogens is 468 g/mol. The Hall–Kier alpha value is -3.52. The Labute approximate surface area is 219 Å². The molecule has 8 heteroatoms. The molecule has 37 heavy (non-hydrogen) atoms. The fraction of sp³-hybridized carbons (Fsp3) is 0.448. The molecule has 1 aliphatic rings. The molecule has 1 amide bonds. The number of nitrogens with zero attached hydrogens (tertiary/aromatic N) is 3. The topological polar surface area (TPSA) is 79.8 Å². The maximum Gasteiger partial charge on any atom is 0.274 e. The Morgan fingerprint density at radius 2 is 1.76 bits per heavy atom. The summed E-state index contributed by atoms with van der Waals surface area (Å²) < 4.78 is 13.1. The minimum atomic E-state index is -0.0890. The van der Waals surface area contributed by atoms with E-state index in [0.717, 1.165) is 29.6 Å². The third kappa shape index (κ3) is 5.74. The third-order valence-corrected chi connectivity index (χ3v) is 6.74. The average molecular weight is 509 g/mol. The number of ether oxygens (including phenoxy) is 2. The maximum atomic E-state index is 13.5. The van der Waals surface area contributed by atoms with Crippen molar-refractivity contribution in [2.24, 2.45) is 0 Å². The molecule has 0 atom stereocenters. The number of pyridine rings is 1. The fourth-order valence-electron chi connectivity index (χ4n) is 4.70. The highest BCUT2D eigenvalue weighted by Gasteiger charge is 2.27. The number of hydrogen-bond donors (Lipinski definition) is 1. The van der Waals surface area contributed by atoms with Crippen LogP contribution in [-0.2, 0) is 6.54 Å². The quantitative estimate of drug-likeness (QED) is 0.443. The van der Waals surface area contributed by atoms with Crippen molar-refractivity contribution in [2.75, 3.05) is 40.4 Å². The Kier molecular flexibility index (Phi) is 9.58. The molecule has 0 bridgehead atoms. The summed E-state index contributed by atoms with van der Waals surface area (Å²) in [5.41, 5.74) is 2.48. The lowest BCUT2D eigenvalue weighted by atomic mass is 9.99. The van der Waals surface area contributed by atoms with Crippen LogP contribution < -0.4 is 15.0 Å². The van der Waals surface area contributed by atoms with Gasteiger partial charge < -0.3 is 23.9 Å². The van der Waals surface area contributed by atoms with E-state index in [-0.39, 0.29) is 11.5 Å². The first-order valence-electron chi connectivity index (χ1n) is 13.0. The number of nitrogens with one attached hydrogen (secondary N) is 1. The van der Waals surface area contributed by atoms with E-state index in [0.29, 0.717) is 54.7 Å². The average Bonchev–Trinajstić information content (AvgIpc) is 3.43. The molecule has 1 N–H and O–H groups in total. The molecule has 3 aromatic rings. The van der Waals surface area contributed by atoms with Gasteiger partial charge in [0.1, 0.15) is 17.0 Å². The lowest BCUT2D eigenvalue weighted by Gasteiger charge is -2.37. The van der Waals surface area contributed by atoms with Gasteiger partial charge in [-0.05, 0) is 38.5 Å². The molecule has 1 aromatic carbocycles. The van der Waals surface area contributed by atoms with Crippen molar-refractivity contribution in [3.8, 4) is 22.6 Å². The van der Waals surface area contributed by atoms with E-state index in [1.165, 1.54) is 0 Å². The fourth-order valence-corrected chi connectivity index (χ4v) is 4.70. The zero-order valence-corrected chi connectivity index (χ0v) is 23.0. The predicted octanol–water partition coefficient (Wildman–Crippen LogP) is 4.78. The van der Waals surface area contributed by atoms with Crippen LogP contribution in [0.15, 0.2) is 48.0 Å². The van der Waals surface area contributed by atoms with Crippen molar-refractivity contribution in [1.82, 2.24) is 19.4 Å². The Morgan fingerprint density at radius 3 is 2.35 bits per heavy atom. The molecule has 0 spiro atoms. The first-order chi connectivity index (χ1) is 17.9. The first-order valence-corrected chi connectivity index (χ1v) is 13.0. The number of aromatic nitrogens is 2. The van der Waals surface area contributed by atoms with E-state index in [9.17, 15) is 9.59 Å². The van der Waals surface area contributed by atoms with Gasteiger partial charge in [0.05, 0.1) is 19.8 Å². The normalized spacial score (nSPS) is 13.9. The number of hydrogen-bond acceptors (Lipinski definition) is 5. The van der Waals surface area contributed by atoms with Gasteiger partial charge in [-0.1, -0.05) is 19.9 Å². The van der Waals surface area contributed by atoms with Gasteiger partial charge >= 0.3 is 0 Å². The summed E-state index contributed by atoms with van der Waals surface area (Å²) >= 11 is 0. The van der Waals surface area contributed by atoms with E-state index in [1.807, 2.05) is 37.1 Å². The van der Waals surface area contributed by atoms with Gasteiger partial charge in [0.2, 0.25) is 0 Å². The number of allylic oxidation sites excluding steroid dienone is 1. The zero-order valence-electron chi connectivity index (χ0n) is 23.0. The number of fused-ring (bicyclic) bond motifs is 1. The molecule has 1 saturated heterocycles. The largest absolute Gasteiger partial charge is 0.496 e.